The normalized spacial score (nSPS) is 11.2. The fourth-order valence-corrected chi connectivity index (χ4v) is 1.78. The molecule has 1 rings (SSSR count). The van der Waals surface area contributed by atoms with Crippen molar-refractivity contribution in [2.45, 2.75) is 46.5 Å². The van der Waals surface area contributed by atoms with Crippen LogP contribution >= 0.6 is 12.2 Å². The van der Waals surface area contributed by atoms with Crippen molar-refractivity contribution in [1.29, 1.82) is 0 Å². The first-order valence-electron chi connectivity index (χ1n) is 6.84. The molecule has 0 saturated carbocycles. The van der Waals surface area contributed by atoms with Crippen LogP contribution in [0.3, 0.4) is 0 Å². The molecule has 0 aliphatic rings. The molecule has 0 radical (unpaired) electrons. The lowest BCUT2D eigenvalue weighted by Gasteiger charge is -2.09. The molecule has 2 N–H and O–H groups in total. The second kappa shape index (κ2) is 8.64. The number of hydrogen-bond donors (Lipinski definition) is 2. The van der Waals surface area contributed by atoms with Crippen LogP contribution in [0.5, 0.6) is 0 Å². The lowest BCUT2D eigenvalue weighted by molar-refractivity contribution is 0.817. The van der Waals surface area contributed by atoms with Crippen LogP contribution in [0.4, 0.5) is 5.69 Å². The predicted octanol–water partition coefficient (Wildman–Crippen LogP) is 4.24. The molecule has 0 fully saturated rings. The first-order valence-corrected chi connectivity index (χ1v) is 7.25. The largest absolute Gasteiger partial charge is 0.331 e. The summed E-state index contributed by atoms with van der Waals surface area (Å²) < 4.78 is 0. The zero-order chi connectivity index (χ0) is 14.1. The Balaban J connectivity index is 2.45. The monoisotopic (exact) mass is 277 g/mol. The van der Waals surface area contributed by atoms with Gasteiger partial charge in [-0.2, -0.15) is 5.10 Å². The molecule has 0 unspecified atom stereocenters. The van der Waals surface area contributed by atoms with Gasteiger partial charge in [-0.1, -0.05) is 38.0 Å². The van der Waals surface area contributed by atoms with Crippen LogP contribution in [0, 0.1) is 6.92 Å². The summed E-state index contributed by atoms with van der Waals surface area (Å²) in [6, 6.07) is 8.11. The number of rotatable bonds is 6. The Morgan fingerprint density at radius 1 is 1.21 bits per heavy atom. The van der Waals surface area contributed by atoms with E-state index in [0.717, 1.165) is 24.2 Å². The van der Waals surface area contributed by atoms with Gasteiger partial charge in [0.05, 0.1) is 0 Å². The number of unbranched alkanes of at least 4 members (excludes halogenated alkanes) is 1. The van der Waals surface area contributed by atoms with E-state index < -0.39 is 0 Å². The van der Waals surface area contributed by atoms with E-state index in [1.165, 1.54) is 18.4 Å². The molecule has 0 amide bonds. The number of benzene rings is 1. The molecule has 1 aromatic carbocycles. The Labute approximate surface area is 121 Å². The van der Waals surface area contributed by atoms with Crippen LogP contribution in [0.15, 0.2) is 29.4 Å². The van der Waals surface area contributed by atoms with Crippen molar-refractivity contribution in [3.05, 3.63) is 29.8 Å². The van der Waals surface area contributed by atoms with Gasteiger partial charge in [0.1, 0.15) is 0 Å². The first kappa shape index (κ1) is 15.6. The average Bonchev–Trinajstić information content (AvgIpc) is 2.42. The molecule has 0 aliphatic carbocycles. The second-order valence-electron chi connectivity index (χ2n) is 4.57. The number of hydrogen-bond acceptors (Lipinski definition) is 2. The van der Waals surface area contributed by atoms with Crippen molar-refractivity contribution in [2.75, 3.05) is 5.32 Å². The van der Waals surface area contributed by atoms with Gasteiger partial charge in [-0.15, -0.1) is 0 Å². The minimum atomic E-state index is 0.534. The van der Waals surface area contributed by atoms with Crippen molar-refractivity contribution in [1.82, 2.24) is 5.43 Å². The molecule has 0 spiro atoms. The summed E-state index contributed by atoms with van der Waals surface area (Å²) in [6.07, 6.45) is 4.35. The van der Waals surface area contributed by atoms with E-state index in [2.05, 4.69) is 36.6 Å². The van der Waals surface area contributed by atoms with E-state index in [4.69, 9.17) is 12.2 Å². The van der Waals surface area contributed by atoms with E-state index in [0.29, 0.717) is 5.11 Å². The number of nitrogens with zero attached hydrogens (tertiary/aromatic N) is 1. The summed E-state index contributed by atoms with van der Waals surface area (Å²) >= 11 is 5.22. The smallest absolute Gasteiger partial charge is 0.191 e. The molecular weight excluding hydrogens is 254 g/mol. The van der Waals surface area contributed by atoms with Crippen molar-refractivity contribution in [3.8, 4) is 0 Å². The maximum absolute atomic E-state index is 5.22. The van der Waals surface area contributed by atoms with Gasteiger partial charge in [-0.3, -0.25) is 5.43 Å². The van der Waals surface area contributed by atoms with Gasteiger partial charge in [0.2, 0.25) is 0 Å². The Bertz CT molecular complexity index is 424. The van der Waals surface area contributed by atoms with E-state index in [1.807, 2.05) is 24.3 Å². The molecular formula is C15H23N3S. The molecule has 3 nitrogen and oxygen atoms in total. The summed E-state index contributed by atoms with van der Waals surface area (Å²) in [5.74, 6) is 0. The molecule has 0 aliphatic heterocycles. The molecule has 0 bridgehead atoms. The van der Waals surface area contributed by atoms with Crippen LogP contribution in [0.2, 0.25) is 0 Å². The van der Waals surface area contributed by atoms with Crippen LogP contribution in [0.1, 0.15) is 45.1 Å². The van der Waals surface area contributed by atoms with Crippen molar-refractivity contribution in [3.63, 3.8) is 0 Å². The van der Waals surface area contributed by atoms with Gasteiger partial charge >= 0.3 is 0 Å². The highest BCUT2D eigenvalue weighted by molar-refractivity contribution is 7.80. The van der Waals surface area contributed by atoms with Gasteiger partial charge in [0, 0.05) is 11.4 Å². The number of anilines is 1. The standard InChI is InChI=1S/C15H23N3S/c1-4-6-7-13(5-2)17-18-15(19)16-14-10-8-12(3)9-11-14/h8-11H,4-7H2,1-3H3,(H2,16,18,19)/b17-13+. The summed E-state index contributed by atoms with van der Waals surface area (Å²) in [5.41, 5.74) is 6.28. The minimum Gasteiger partial charge on any atom is -0.331 e. The Kier molecular flexibility index (Phi) is 7.11. The van der Waals surface area contributed by atoms with Gasteiger partial charge in [0.25, 0.3) is 0 Å². The maximum Gasteiger partial charge on any atom is 0.191 e. The van der Waals surface area contributed by atoms with Crippen molar-refractivity contribution >= 4 is 28.7 Å². The third-order valence-electron chi connectivity index (χ3n) is 2.85. The van der Waals surface area contributed by atoms with Crippen molar-refractivity contribution in [2.24, 2.45) is 5.10 Å². The average molecular weight is 277 g/mol. The zero-order valence-corrected chi connectivity index (χ0v) is 12.8. The molecule has 4 heteroatoms. The molecule has 104 valence electrons. The lowest BCUT2D eigenvalue weighted by atomic mass is 10.1. The summed E-state index contributed by atoms with van der Waals surface area (Å²) in [7, 11) is 0. The number of thiocarbonyl (C=S) groups is 1. The number of hydrazone groups is 1. The Hall–Kier alpha value is -1.42. The topological polar surface area (TPSA) is 36.4 Å². The number of nitrogens with one attached hydrogen (secondary N) is 2. The van der Waals surface area contributed by atoms with Gasteiger partial charge in [-0.05, 0) is 50.5 Å². The van der Waals surface area contributed by atoms with Crippen LogP contribution in [0.25, 0.3) is 0 Å². The summed E-state index contributed by atoms with van der Waals surface area (Å²) in [5, 5.41) is 8.01. The maximum atomic E-state index is 5.22. The van der Waals surface area contributed by atoms with E-state index >= 15 is 0 Å². The van der Waals surface area contributed by atoms with E-state index in [-0.39, 0.29) is 0 Å². The predicted molar refractivity (Wildman–Crippen MR) is 87.8 cm³/mol. The summed E-state index contributed by atoms with van der Waals surface area (Å²) in [6.45, 7) is 6.36. The first-order chi connectivity index (χ1) is 9.15. The highest BCUT2D eigenvalue weighted by Crippen LogP contribution is 2.08. The highest BCUT2D eigenvalue weighted by Gasteiger charge is 1.98. The third kappa shape index (κ3) is 6.34. The van der Waals surface area contributed by atoms with Crippen LogP contribution < -0.4 is 10.7 Å². The van der Waals surface area contributed by atoms with E-state index in [9.17, 15) is 0 Å². The van der Waals surface area contributed by atoms with Gasteiger partial charge < -0.3 is 5.32 Å². The molecule has 0 heterocycles. The van der Waals surface area contributed by atoms with E-state index in [1.54, 1.807) is 0 Å². The van der Waals surface area contributed by atoms with Crippen LogP contribution in [-0.2, 0) is 0 Å². The Morgan fingerprint density at radius 2 is 1.89 bits per heavy atom. The fraction of sp³-hybridized carbons (Fsp3) is 0.467. The zero-order valence-electron chi connectivity index (χ0n) is 12.0. The molecule has 0 saturated heterocycles. The molecule has 0 atom stereocenters. The SMILES string of the molecule is CCCC/C(CC)=N/NC(=S)Nc1ccc(C)cc1. The second-order valence-corrected chi connectivity index (χ2v) is 4.98. The molecule has 1 aromatic rings. The lowest BCUT2D eigenvalue weighted by Crippen LogP contribution is -2.25. The van der Waals surface area contributed by atoms with Crippen LogP contribution in [-0.4, -0.2) is 10.8 Å². The minimum absolute atomic E-state index is 0.534. The van der Waals surface area contributed by atoms with Gasteiger partial charge in [-0.25, -0.2) is 0 Å². The summed E-state index contributed by atoms with van der Waals surface area (Å²) in [4.78, 5) is 0. The fourth-order valence-electron chi connectivity index (χ4n) is 1.62. The van der Waals surface area contributed by atoms with Crippen molar-refractivity contribution < 1.29 is 0 Å². The van der Waals surface area contributed by atoms with Gasteiger partial charge in [0.15, 0.2) is 5.11 Å². The highest BCUT2D eigenvalue weighted by atomic mass is 32.1. The number of aryl methyl sites for hydroxylation is 1. The molecule has 19 heavy (non-hydrogen) atoms. The Morgan fingerprint density at radius 3 is 2.47 bits per heavy atom. The quantitative estimate of drug-likeness (QED) is 0.464. The third-order valence-corrected chi connectivity index (χ3v) is 3.05. The molecule has 0 aromatic heterocycles.